The number of fused-ring (bicyclic) bond motifs is 1. The fourth-order valence-electron chi connectivity index (χ4n) is 2.45. The molecular formula is C14H17FN4O. The van der Waals surface area contributed by atoms with Crippen molar-refractivity contribution < 1.29 is 9.13 Å². The molecule has 0 saturated heterocycles. The van der Waals surface area contributed by atoms with E-state index in [9.17, 15) is 4.39 Å². The number of halogens is 1. The molecule has 3 rings (SSSR count). The highest BCUT2D eigenvalue weighted by atomic mass is 19.1. The van der Waals surface area contributed by atoms with Gasteiger partial charge >= 0.3 is 0 Å². The smallest absolute Gasteiger partial charge is 0.140 e. The number of hydrogen-bond donors (Lipinski definition) is 1. The highest BCUT2D eigenvalue weighted by Crippen LogP contribution is 2.32. The van der Waals surface area contributed by atoms with Crippen LogP contribution >= 0.6 is 0 Å². The van der Waals surface area contributed by atoms with E-state index in [0.29, 0.717) is 18.9 Å². The van der Waals surface area contributed by atoms with Gasteiger partial charge in [-0.25, -0.2) is 9.37 Å². The van der Waals surface area contributed by atoms with Gasteiger partial charge in [0.2, 0.25) is 0 Å². The second-order valence-electron chi connectivity index (χ2n) is 4.91. The maximum absolute atomic E-state index is 13.3. The molecule has 2 heterocycles. The lowest BCUT2D eigenvalue weighted by molar-refractivity contribution is 0.313. The van der Waals surface area contributed by atoms with E-state index in [2.05, 4.69) is 15.4 Å². The summed E-state index contributed by atoms with van der Waals surface area (Å²) in [5.41, 5.74) is 1.01. The minimum absolute atomic E-state index is 0.143. The minimum Gasteiger partial charge on any atom is -0.493 e. The molecule has 0 fully saturated rings. The number of aromatic nitrogens is 3. The maximum atomic E-state index is 13.3. The van der Waals surface area contributed by atoms with Gasteiger partial charge < -0.3 is 10.1 Å². The average Bonchev–Trinajstić information content (AvgIpc) is 2.73. The summed E-state index contributed by atoms with van der Waals surface area (Å²) >= 11 is 0. The molecule has 0 saturated carbocycles. The Labute approximate surface area is 116 Å². The van der Waals surface area contributed by atoms with E-state index in [4.69, 9.17) is 4.74 Å². The Hall–Kier alpha value is -1.95. The summed E-state index contributed by atoms with van der Waals surface area (Å²) in [6, 6.07) is 4.87. The van der Waals surface area contributed by atoms with Crippen LogP contribution in [0.1, 0.15) is 30.3 Å². The fourth-order valence-corrected chi connectivity index (χ4v) is 2.45. The van der Waals surface area contributed by atoms with Crippen LogP contribution in [-0.2, 0) is 13.6 Å². The molecule has 0 bridgehead atoms. The summed E-state index contributed by atoms with van der Waals surface area (Å²) in [6.45, 7) is 1.25. The van der Waals surface area contributed by atoms with Crippen molar-refractivity contribution in [2.24, 2.45) is 7.05 Å². The number of benzene rings is 1. The van der Waals surface area contributed by atoms with E-state index in [1.165, 1.54) is 18.5 Å². The van der Waals surface area contributed by atoms with Crippen molar-refractivity contribution in [1.29, 1.82) is 0 Å². The van der Waals surface area contributed by atoms with Crippen LogP contribution in [0.4, 0.5) is 4.39 Å². The SMILES string of the molecule is Cn1ncnc1CN[C@H]1CCCOc2cc(F)ccc21. The second kappa shape index (κ2) is 5.58. The van der Waals surface area contributed by atoms with Gasteiger partial charge in [-0.05, 0) is 18.9 Å². The maximum Gasteiger partial charge on any atom is 0.140 e. The first-order chi connectivity index (χ1) is 9.74. The summed E-state index contributed by atoms with van der Waals surface area (Å²) in [7, 11) is 1.86. The van der Waals surface area contributed by atoms with E-state index >= 15 is 0 Å². The van der Waals surface area contributed by atoms with Crippen molar-refractivity contribution in [2.45, 2.75) is 25.4 Å². The van der Waals surface area contributed by atoms with Gasteiger partial charge in [0.1, 0.15) is 23.7 Å². The van der Waals surface area contributed by atoms with Crippen LogP contribution in [-0.4, -0.2) is 21.4 Å². The lowest BCUT2D eigenvalue weighted by Crippen LogP contribution is -2.22. The molecule has 2 aromatic rings. The number of aryl methyl sites for hydroxylation is 1. The molecule has 0 aliphatic carbocycles. The van der Waals surface area contributed by atoms with Crippen LogP contribution in [0.2, 0.25) is 0 Å². The van der Waals surface area contributed by atoms with Crippen molar-refractivity contribution >= 4 is 0 Å². The molecule has 0 spiro atoms. The normalized spacial score (nSPS) is 18.2. The van der Waals surface area contributed by atoms with Crippen LogP contribution in [0.3, 0.4) is 0 Å². The molecule has 0 radical (unpaired) electrons. The van der Waals surface area contributed by atoms with E-state index in [1.54, 1.807) is 10.7 Å². The van der Waals surface area contributed by atoms with Gasteiger partial charge in [0, 0.05) is 24.7 Å². The Bertz CT molecular complexity index is 599. The van der Waals surface area contributed by atoms with Gasteiger partial charge in [-0.15, -0.1) is 0 Å². The number of hydrogen-bond acceptors (Lipinski definition) is 4. The number of ether oxygens (including phenoxy) is 1. The first-order valence-corrected chi connectivity index (χ1v) is 6.72. The molecule has 20 heavy (non-hydrogen) atoms. The monoisotopic (exact) mass is 276 g/mol. The van der Waals surface area contributed by atoms with Crippen LogP contribution in [0, 0.1) is 5.82 Å². The van der Waals surface area contributed by atoms with Crippen molar-refractivity contribution in [2.75, 3.05) is 6.61 Å². The number of nitrogens with zero attached hydrogens (tertiary/aromatic N) is 3. The predicted molar refractivity (Wildman–Crippen MR) is 71.7 cm³/mol. The molecule has 6 heteroatoms. The van der Waals surface area contributed by atoms with Gasteiger partial charge in [-0.3, -0.25) is 4.68 Å². The Balaban J connectivity index is 1.78. The lowest BCUT2D eigenvalue weighted by atomic mass is 10.0. The molecule has 1 aliphatic rings. The standard InChI is InChI=1S/C14H17FN4O/c1-19-14(17-9-18-19)8-16-12-3-2-6-20-13-7-10(15)4-5-11(12)13/h4-5,7,9,12,16H,2-3,6,8H2,1H3/t12-/m0/s1. The Kier molecular flexibility index (Phi) is 3.64. The van der Waals surface area contributed by atoms with Crippen LogP contribution in [0.25, 0.3) is 0 Å². The first-order valence-electron chi connectivity index (χ1n) is 6.72. The van der Waals surface area contributed by atoms with Crippen molar-refractivity contribution in [3.8, 4) is 5.75 Å². The van der Waals surface area contributed by atoms with Crippen LogP contribution in [0.5, 0.6) is 5.75 Å². The van der Waals surface area contributed by atoms with Gasteiger partial charge in [0.25, 0.3) is 0 Å². The van der Waals surface area contributed by atoms with E-state index < -0.39 is 0 Å². The zero-order chi connectivity index (χ0) is 13.9. The van der Waals surface area contributed by atoms with Crippen molar-refractivity contribution in [1.82, 2.24) is 20.1 Å². The average molecular weight is 276 g/mol. The second-order valence-corrected chi connectivity index (χ2v) is 4.91. The highest BCUT2D eigenvalue weighted by molar-refractivity contribution is 5.37. The summed E-state index contributed by atoms with van der Waals surface area (Å²) in [5, 5.41) is 7.50. The molecule has 1 aromatic carbocycles. The third-order valence-electron chi connectivity index (χ3n) is 3.56. The molecule has 106 valence electrons. The molecule has 1 aliphatic heterocycles. The van der Waals surface area contributed by atoms with Crippen LogP contribution < -0.4 is 10.1 Å². The molecule has 5 nitrogen and oxygen atoms in total. The topological polar surface area (TPSA) is 52.0 Å². The molecule has 1 atom stereocenters. The Morgan fingerprint density at radius 3 is 3.20 bits per heavy atom. The van der Waals surface area contributed by atoms with E-state index in [0.717, 1.165) is 24.2 Å². The molecule has 1 aromatic heterocycles. The van der Waals surface area contributed by atoms with Gasteiger partial charge in [0.05, 0.1) is 13.2 Å². The zero-order valence-electron chi connectivity index (χ0n) is 11.3. The van der Waals surface area contributed by atoms with Gasteiger partial charge in [0.15, 0.2) is 0 Å². The minimum atomic E-state index is -0.266. The molecular weight excluding hydrogens is 259 g/mol. The first kappa shape index (κ1) is 13.1. The highest BCUT2D eigenvalue weighted by Gasteiger charge is 2.20. The van der Waals surface area contributed by atoms with Crippen molar-refractivity contribution in [3.05, 3.63) is 41.7 Å². The summed E-state index contributed by atoms with van der Waals surface area (Å²) in [4.78, 5) is 4.19. The predicted octanol–water partition coefficient (Wildman–Crippen LogP) is 1.96. The summed E-state index contributed by atoms with van der Waals surface area (Å²) in [6.07, 6.45) is 3.43. The molecule has 0 amide bonds. The number of rotatable bonds is 3. The van der Waals surface area contributed by atoms with Gasteiger partial charge in [-0.1, -0.05) is 6.07 Å². The van der Waals surface area contributed by atoms with E-state index in [-0.39, 0.29) is 11.9 Å². The number of nitrogens with one attached hydrogen (secondary N) is 1. The van der Waals surface area contributed by atoms with Gasteiger partial charge in [-0.2, -0.15) is 5.10 Å². The fraction of sp³-hybridized carbons (Fsp3) is 0.429. The Morgan fingerprint density at radius 1 is 1.50 bits per heavy atom. The third-order valence-corrected chi connectivity index (χ3v) is 3.56. The molecule has 0 unspecified atom stereocenters. The quantitative estimate of drug-likeness (QED) is 0.931. The zero-order valence-corrected chi connectivity index (χ0v) is 11.3. The van der Waals surface area contributed by atoms with Crippen molar-refractivity contribution in [3.63, 3.8) is 0 Å². The lowest BCUT2D eigenvalue weighted by Gasteiger charge is -2.18. The third kappa shape index (κ3) is 2.65. The summed E-state index contributed by atoms with van der Waals surface area (Å²) in [5.74, 6) is 1.24. The molecule has 1 N–H and O–H groups in total. The Morgan fingerprint density at radius 2 is 2.40 bits per heavy atom. The largest absolute Gasteiger partial charge is 0.493 e. The van der Waals surface area contributed by atoms with E-state index in [1.807, 2.05) is 7.05 Å². The summed E-state index contributed by atoms with van der Waals surface area (Å²) < 4.78 is 20.6. The van der Waals surface area contributed by atoms with Crippen LogP contribution in [0.15, 0.2) is 24.5 Å².